The molecule has 1 aliphatic heterocycles. The summed E-state index contributed by atoms with van der Waals surface area (Å²) >= 11 is 0. The van der Waals surface area contributed by atoms with Crippen molar-refractivity contribution < 1.29 is 43.3 Å². The fraction of sp³-hybridized carbons (Fsp3) is 0.533. The minimum atomic E-state index is -0.991. The molecular weight excluding hydrogens is 546 g/mol. The number of carbonyl (C=O) groups excluding carboxylic acids is 3. The predicted octanol–water partition coefficient (Wildman–Crippen LogP) is 2.84. The molecule has 1 heterocycles. The van der Waals surface area contributed by atoms with E-state index >= 15 is 0 Å². The number of Topliss-reactive ketones (excluding diaryl/α,β-unsaturated/α-hetero) is 1. The summed E-state index contributed by atoms with van der Waals surface area (Å²) in [7, 11) is 5.74. The first kappa shape index (κ1) is 34.5. The third kappa shape index (κ3) is 8.88. The number of aliphatic hydroxyl groups excluding tert-OH is 1. The Balaban J connectivity index is 2.66. The van der Waals surface area contributed by atoms with Crippen molar-refractivity contribution in [3.05, 3.63) is 58.6 Å². The Kier molecular flexibility index (Phi) is 13.2. The summed E-state index contributed by atoms with van der Waals surface area (Å²) in [6.07, 6.45) is 4.32. The minimum Gasteiger partial charge on any atom is -0.494 e. The molecule has 0 unspecified atom stereocenters. The van der Waals surface area contributed by atoms with Gasteiger partial charge in [-0.2, -0.15) is 0 Å². The molecule has 42 heavy (non-hydrogen) atoms. The van der Waals surface area contributed by atoms with Crippen molar-refractivity contribution in [1.82, 2.24) is 5.32 Å². The van der Waals surface area contributed by atoms with E-state index in [0.29, 0.717) is 17.6 Å². The second kappa shape index (κ2) is 16.0. The molecule has 2 aliphatic rings. The molecular formula is C30H43N3O9. The van der Waals surface area contributed by atoms with Crippen LogP contribution in [0.1, 0.15) is 40.5 Å². The Bertz CT molecular complexity index is 1200. The lowest BCUT2D eigenvalue weighted by Gasteiger charge is -2.30. The predicted molar refractivity (Wildman–Crippen MR) is 156 cm³/mol. The van der Waals surface area contributed by atoms with Crippen molar-refractivity contribution in [2.24, 2.45) is 22.7 Å². The zero-order valence-corrected chi connectivity index (χ0v) is 25.5. The molecule has 6 atom stereocenters. The Morgan fingerprint density at radius 3 is 2.38 bits per heavy atom. The smallest absolute Gasteiger partial charge is 0.405 e. The molecule has 12 heteroatoms. The van der Waals surface area contributed by atoms with Crippen molar-refractivity contribution in [1.29, 1.82) is 0 Å². The normalized spacial score (nSPS) is 32.6. The van der Waals surface area contributed by atoms with Crippen molar-refractivity contribution in [3.63, 3.8) is 0 Å². The SMILES string of the molecule is CO/N=C1\C=C2NC(=O)/C(C)=C/C=C\[C@H](OC)[C@@H](OC(N)=O)/C(C)=C/[C@H](C)[C@@H](O)[C@@H](OC)C[C@H](C)CC(=C1OC)C2=O. The summed E-state index contributed by atoms with van der Waals surface area (Å²) < 4.78 is 22.2. The molecule has 0 aromatic heterocycles. The van der Waals surface area contributed by atoms with Gasteiger partial charge in [-0.25, -0.2) is 4.79 Å². The second-order valence-corrected chi connectivity index (χ2v) is 10.4. The van der Waals surface area contributed by atoms with Crippen LogP contribution in [-0.4, -0.2) is 81.5 Å². The van der Waals surface area contributed by atoms with Crippen LogP contribution < -0.4 is 11.1 Å². The highest BCUT2D eigenvalue weighted by Crippen LogP contribution is 2.30. The number of nitrogens with two attached hydrogens (primary N) is 1. The number of carbonyl (C=O) groups is 3. The summed E-state index contributed by atoms with van der Waals surface area (Å²) in [5, 5.41) is 17.9. The number of ketones is 1. The molecule has 0 aromatic rings. The maximum Gasteiger partial charge on any atom is 0.405 e. The summed E-state index contributed by atoms with van der Waals surface area (Å²) in [5.41, 5.74) is 6.79. The Hall–Kier alpha value is -3.74. The van der Waals surface area contributed by atoms with Gasteiger partial charge < -0.3 is 39.9 Å². The van der Waals surface area contributed by atoms with E-state index in [1.807, 2.05) is 13.8 Å². The molecule has 0 radical (unpaired) electrons. The summed E-state index contributed by atoms with van der Waals surface area (Å²) in [4.78, 5) is 43.3. The first-order valence-corrected chi connectivity index (χ1v) is 13.6. The molecule has 2 amide bonds. The Morgan fingerprint density at radius 2 is 1.81 bits per heavy atom. The van der Waals surface area contributed by atoms with Gasteiger partial charge in [0, 0.05) is 31.3 Å². The van der Waals surface area contributed by atoms with Crippen LogP contribution in [0.25, 0.3) is 0 Å². The number of nitrogens with one attached hydrogen (secondary N) is 1. The van der Waals surface area contributed by atoms with Gasteiger partial charge in [0.15, 0.2) is 11.9 Å². The summed E-state index contributed by atoms with van der Waals surface area (Å²) in [6, 6.07) is 0. The van der Waals surface area contributed by atoms with Gasteiger partial charge in [0.2, 0.25) is 5.78 Å². The van der Waals surface area contributed by atoms with Gasteiger partial charge in [0.25, 0.3) is 5.91 Å². The van der Waals surface area contributed by atoms with Crippen LogP contribution >= 0.6 is 0 Å². The van der Waals surface area contributed by atoms with Crippen LogP contribution in [0.3, 0.4) is 0 Å². The molecule has 2 rings (SSSR count). The standard InChI is InChI=1S/C30H43N3O9/c1-16-12-20-26(35)21(15-22(33-41-8)28(20)40-7)32-29(36)17(2)10-9-11-23(38-5)27(42-30(31)37)19(4)14-18(3)25(34)24(13-16)39-6/h9-11,14-16,18,23-25,27,34H,12-13H2,1-8H3,(H2,31,37)(H,32,36)/b11-9-,17-10+,19-14+,33-22+/t16-,18+,23+,24+,25-,27+/m1/s1. The number of amides is 2. The quantitative estimate of drug-likeness (QED) is 0.248. The summed E-state index contributed by atoms with van der Waals surface area (Å²) in [5.74, 6) is -1.29. The third-order valence-corrected chi connectivity index (χ3v) is 7.15. The molecule has 0 saturated heterocycles. The number of hydrogen-bond donors (Lipinski definition) is 3. The van der Waals surface area contributed by atoms with Crippen molar-refractivity contribution in [3.8, 4) is 0 Å². The highest BCUT2D eigenvalue weighted by atomic mass is 16.6. The van der Waals surface area contributed by atoms with E-state index in [0.717, 1.165) is 0 Å². The number of nitrogens with zero attached hydrogens (tertiary/aromatic N) is 1. The second-order valence-electron chi connectivity index (χ2n) is 10.4. The van der Waals surface area contributed by atoms with Crippen LogP contribution in [0, 0.1) is 11.8 Å². The number of fused-ring (bicyclic) bond motifs is 2. The lowest BCUT2D eigenvalue weighted by Crippen LogP contribution is -2.37. The zero-order chi connectivity index (χ0) is 31.6. The van der Waals surface area contributed by atoms with Gasteiger partial charge in [-0.15, -0.1) is 0 Å². The van der Waals surface area contributed by atoms with Crippen molar-refractivity contribution >= 4 is 23.5 Å². The van der Waals surface area contributed by atoms with E-state index in [1.165, 1.54) is 40.6 Å². The molecule has 0 fully saturated rings. The fourth-order valence-corrected chi connectivity index (χ4v) is 4.96. The summed E-state index contributed by atoms with van der Waals surface area (Å²) in [6.45, 7) is 7.06. The minimum absolute atomic E-state index is 0.00918. The van der Waals surface area contributed by atoms with Gasteiger partial charge in [0.1, 0.15) is 18.9 Å². The van der Waals surface area contributed by atoms with Crippen molar-refractivity contribution in [2.45, 2.75) is 65.0 Å². The monoisotopic (exact) mass is 589 g/mol. The van der Waals surface area contributed by atoms with E-state index < -0.39 is 48.1 Å². The fourth-order valence-electron chi connectivity index (χ4n) is 4.96. The van der Waals surface area contributed by atoms with Crippen LogP contribution in [0.15, 0.2) is 63.7 Å². The lowest BCUT2D eigenvalue weighted by atomic mass is 9.85. The topological polar surface area (TPSA) is 168 Å². The van der Waals surface area contributed by atoms with E-state index in [9.17, 15) is 19.5 Å². The number of primary amides is 1. The largest absolute Gasteiger partial charge is 0.494 e. The first-order chi connectivity index (χ1) is 19.9. The highest BCUT2D eigenvalue weighted by molar-refractivity contribution is 6.24. The number of hydrogen-bond acceptors (Lipinski definition) is 10. The molecule has 0 spiro atoms. The third-order valence-electron chi connectivity index (χ3n) is 7.15. The molecule has 2 bridgehead atoms. The van der Waals surface area contributed by atoms with Crippen LogP contribution in [-0.2, 0) is 33.4 Å². The van der Waals surface area contributed by atoms with Crippen LogP contribution in [0.2, 0.25) is 0 Å². The van der Waals surface area contributed by atoms with Crippen LogP contribution in [0.4, 0.5) is 4.79 Å². The Labute approximate surface area is 246 Å². The van der Waals surface area contributed by atoms with Gasteiger partial charge in [-0.1, -0.05) is 43.3 Å². The van der Waals surface area contributed by atoms with Gasteiger partial charge in [-0.05, 0) is 44.3 Å². The average molecular weight is 590 g/mol. The first-order valence-electron chi connectivity index (χ1n) is 13.6. The molecule has 232 valence electrons. The van der Waals surface area contributed by atoms with Gasteiger partial charge in [0.05, 0.1) is 25.0 Å². The number of rotatable bonds is 5. The highest BCUT2D eigenvalue weighted by Gasteiger charge is 2.33. The number of oxime groups is 1. The molecule has 4 N–H and O–H groups in total. The van der Waals surface area contributed by atoms with Gasteiger partial charge >= 0.3 is 6.09 Å². The zero-order valence-electron chi connectivity index (χ0n) is 25.5. The van der Waals surface area contributed by atoms with Gasteiger partial charge in [-0.3, -0.25) is 9.59 Å². The van der Waals surface area contributed by atoms with E-state index in [-0.39, 0.29) is 35.1 Å². The van der Waals surface area contributed by atoms with E-state index in [4.69, 9.17) is 29.5 Å². The maximum absolute atomic E-state index is 13.6. The maximum atomic E-state index is 13.6. The molecule has 0 aromatic carbocycles. The molecule has 0 saturated carbocycles. The lowest BCUT2D eigenvalue weighted by molar-refractivity contribution is -0.119. The number of ether oxygens (including phenoxy) is 4. The van der Waals surface area contributed by atoms with E-state index in [1.54, 1.807) is 32.1 Å². The Morgan fingerprint density at radius 1 is 1.12 bits per heavy atom. The average Bonchev–Trinajstić information content (AvgIpc) is 2.94. The van der Waals surface area contributed by atoms with Crippen LogP contribution in [0.5, 0.6) is 0 Å². The number of aliphatic hydroxyl groups is 1. The van der Waals surface area contributed by atoms with E-state index in [2.05, 4.69) is 10.5 Å². The number of methoxy groups -OCH3 is 3. The van der Waals surface area contributed by atoms with Crippen molar-refractivity contribution in [2.75, 3.05) is 28.4 Å². The molecule has 1 aliphatic carbocycles. The number of allylic oxidation sites excluding steroid dienone is 4. The molecule has 12 nitrogen and oxygen atoms in total.